The SMILES string of the molecule is CCNc1ncc(F)cc1C(=O)NCC1(OC)CCOC1. The summed E-state index contributed by atoms with van der Waals surface area (Å²) in [6, 6.07) is 1.17. The molecule has 1 fully saturated rings. The van der Waals surface area contributed by atoms with Gasteiger partial charge in [-0.15, -0.1) is 0 Å². The average Bonchev–Trinajstić information content (AvgIpc) is 2.96. The van der Waals surface area contributed by atoms with Gasteiger partial charge in [0.05, 0.1) is 18.4 Å². The molecule has 21 heavy (non-hydrogen) atoms. The smallest absolute Gasteiger partial charge is 0.255 e. The first kappa shape index (κ1) is 15.7. The van der Waals surface area contributed by atoms with Crippen molar-refractivity contribution in [3.8, 4) is 0 Å². The van der Waals surface area contributed by atoms with Crippen molar-refractivity contribution in [3.05, 3.63) is 23.6 Å². The van der Waals surface area contributed by atoms with E-state index in [4.69, 9.17) is 9.47 Å². The molecule has 2 heterocycles. The lowest BCUT2D eigenvalue weighted by molar-refractivity contribution is -0.0148. The number of aromatic nitrogens is 1. The van der Waals surface area contributed by atoms with Crippen LogP contribution in [0.4, 0.5) is 10.2 Å². The molecule has 2 rings (SSSR count). The molecule has 1 aliphatic heterocycles. The molecule has 1 aromatic rings. The predicted molar refractivity (Wildman–Crippen MR) is 75.9 cm³/mol. The number of hydrogen-bond donors (Lipinski definition) is 2. The van der Waals surface area contributed by atoms with E-state index in [-0.39, 0.29) is 11.5 Å². The number of halogens is 1. The molecule has 2 N–H and O–H groups in total. The van der Waals surface area contributed by atoms with Crippen molar-refractivity contribution >= 4 is 11.7 Å². The molecule has 0 aromatic carbocycles. The van der Waals surface area contributed by atoms with E-state index >= 15 is 0 Å². The van der Waals surface area contributed by atoms with E-state index in [2.05, 4.69) is 15.6 Å². The van der Waals surface area contributed by atoms with Gasteiger partial charge < -0.3 is 20.1 Å². The summed E-state index contributed by atoms with van der Waals surface area (Å²) in [5.41, 5.74) is -0.323. The van der Waals surface area contributed by atoms with Crippen molar-refractivity contribution in [2.45, 2.75) is 18.9 Å². The minimum absolute atomic E-state index is 0.182. The van der Waals surface area contributed by atoms with Gasteiger partial charge in [0, 0.05) is 33.2 Å². The summed E-state index contributed by atoms with van der Waals surface area (Å²) in [6.07, 6.45) is 1.79. The molecule has 0 bridgehead atoms. The molecular weight excluding hydrogens is 277 g/mol. The summed E-state index contributed by atoms with van der Waals surface area (Å²) in [4.78, 5) is 16.2. The Morgan fingerprint density at radius 2 is 2.43 bits per heavy atom. The third-order valence-corrected chi connectivity index (χ3v) is 3.51. The highest BCUT2D eigenvalue weighted by molar-refractivity contribution is 5.98. The standard InChI is InChI=1S/C14H20FN3O3/c1-3-16-12-11(6-10(15)7-17-12)13(19)18-8-14(20-2)4-5-21-9-14/h6-7H,3-5,8-9H2,1-2H3,(H,16,17)(H,18,19). The summed E-state index contributed by atoms with van der Waals surface area (Å²) < 4.78 is 24.1. The van der Waals surface area contributed by atoms with E-state index in [1.54, 1.807) is 7.11 Å². The third kappa shape index (κ3) is 3.68. The molecule has 0 radical (unpaired) electrons. The summed E-state index contributed by atoms with van der Waals surface area (Å²) >= 11 is 0. The zero-order valence-electron chi connectivity index (χ0n) is 12.2. The molecule has 1 aliphatic rings. The first-order chi connectivity index (χ1) is 10.1. The quantitative estimate of drug-likeness (QED) is 0.825. The third-order valence-electron chi connectivity index (χ3n) is 3.51. The number of hydrogen-bond acceptors (Lipinski definition) is 5. The maximum absolute atomic E-state index is 13.3. The van der Waals surface area contributed by atoms with Crippen LogP contribution < -0.4 is 10.6 Å². The molecule has 1 amide bonds. The number of anilines is 1. The second-order valence-electron chi connectivity index (χ2n) is 4.95. The Morgan fingerprint density at radius 3 is 3.05 bits per heavy atom. The lowest BCUT2D eigenvalue weighted by atomic mass is 10.0. The number of pyridine rings is 1. The Morgan fingerprint density at radius 1 is 1.62 bits per heavy atom. The van der Waals surface area contributed by atoms with Gasteiger partial charge in [0.1, 0.15) is 17.2 Å². The van der Waals surface area contributed by atoms with Crippen LogP contribution in [0.15, 0.2) is 12.3 Å². The highest BCUT2D eigenvalue weighted by atomic mass is 19.1. The number of amides is 1. The topological polar surface area (TPSA) is 72.5 Å². The van der Waals surface area contributed by atoms with Crippen LogP contribution in [0.2, 0.25) is 0 Å². The van der Waals surface area contributed by atoms with Crippen LogP contribution in [0, 0.1) is 5.82 Å². The molecule has 116 valence electrons. The zero-order valence-corrected chi connectivity index (χ0v) is 12.2. The molecular formula is C14H20FN3O3. The fourth-order valence-electron chi connectivity index (χ4n) is 2.22. The van der Waals surface area contributed by atoms with Gasteiger partial charge in [-0.3, -0.25) is 4.79 Å². The Kier molecular flexibility index (Phi) is 5.08. The number of rotatable bonds is 6. The van der Waals surface area contributed by atoms with Crippen LogP contribution in [0.1, 0.15) is 23.7 Å². The number of carbonyl (C=O) groups is 1. The molecule has 1 saturated heterocycles. The van der Waals surface area contributed by atoms with Crippen molar-refractivity contribution in [3.63, 3.8) is 0 Å². The van der Waals surface area contributed by atoms with Crippen molar-refractivity contribution in [2.24, 2.45) is 0 Å². The summed E-state index contributed by atoms with van der Waals surface area (Å²) in [7, 11) is 1.59. The van der Waals surface area contributed by atoms with Gasteiger partial charge in [0.25, 0.3) is 5.91 Å². The largest absolute Gasteiger partial charge is 0.378 e. The molecule has 0 spiro atoms. The minimum Gasteiger partial charge on any atom is -0.378 e. The van der Waals surface area contributed by atoms with Gasteiger partial charge in [-0.2, -0.15) is 0 Å². The first-order valence-electron chi connectivity index (χ1n) is 6.91. The van der Waals surface area contributed by atoms with Gasteiger partial charge in [0.2, 0.25) is 0 Å². The van der Waals surface area contributed by atoms with Crippen molar-refractivity contribution < 1.29 is 18.7 Å². The maximum atomic E-state index is 13.3. The molecule has 0 saturated carbocycles. The van der Waals surface area contributed by atoms with Crippen molar-refractivity contribution in [1.29, 1.82) is 0 Å². The number of nitrogens with one attached hydrogen (secondary N) is 2. The summed E-state index contributed by atoms with van der Waals surface area (Å²) in [6.45, 7) is 3.82. The summed E-state index contributed by atoms with van der Waals surface area (Å²) in [5, 5.41) is 5.71. The number of methoxy groups -OCH3 is 1. The highest BCUT2D eigenvalue weighted by Gasteiger charge is 2.35. The van der Waals surface area contributed by atoms with E-state index < -0.39 is 11.4 Å². The lowest BCUT2D eigenvalue weighted by Crippen LogP contribution is -2.45. The first-order valence-corrected chi connectivity index (χ1v) is 6.91. The van der Waals surface area contributed by atoms with E-state index in [0.717, 1.165) is 6.20 Å². The molecule has 1 atom stereocenters. The number of carbonyl (C=O) groups excluding carboxylic acids is 1. The minimum atomic E-state index is -0.549. The normalized spacial score (nSPS) is 21.3. The Hall–Kier alpha value is -1.73. The molecule has 6 nitrogen and oxygen atoms in total. The highest BCUT2D eigenvalue weighted by Crippen LogP contribution is 2.22. The van der Waals surface area contributed by atoms with Crippen LogP contribution in [-0.4, -0.2) is 49.9 Å². The lowest BCUT2D eigenvalue weighted by Gasteiger charge is -2.26. The van der Waals surface area contributed by atoms with Crippen molar-refractivity contribution in [1.82, 2.24) is 10.3 Å². The Labute approximate surface area is 123 Å². The molecule has 1 unspecified atom stereocenters. The van der Waals surface area contributed by atoms with Gasteiger partial charge in [-0.25, -0.2) is 9.37 Å². The second kappa shape index (κ2) is 6.82. The van der Waals surface area contributed by atoms with E-state index in [1.807, 2.05) is 6.92 Å². The Bertz CT molecular complexity index is 504. The van der Waals surface area contributed by atoms with Crippen LogP contribution in [0.25, 0.3) is 0 Å². The fraction of sp³-hybridized carbons (Fsp3) is 0.571. The maximum Gasteiger partial charge on any atom is 0.255 e. The second-order valence-corrected chi connectivity index (χ2v) is 4.95. The number of ether oxygens (including phenoxy) is 2. The van der Waals surface area contributed by atoms with Crippen LogP contribution in [0.3, 0.4) is 0 Å². The van der Waals surface area contributed by atoms with Crippen LogP contribution >= 0.6 is 0 Å². The van der Waals surface area contributed by atoms with E-state index in [1.165, 1.54) is 6.07 Å². The van der Waals surface area contributed by atoms with E-state index in [0.29, 0.717) is 38.5 Å². The van der Waals surface area contributed by atoms with Crippen molar-refractivity contribution in [2.75, 3.05) is 38.7 Å². The van der Waals surface area contributed by atoms with Gasteiger partial charge in [-0.1, -0.05) is 0 Å². The van der Waals surface area contributed by atoms with E-state index in [9.17, 15) is 9.18 Å². The predicted octanol–water partition coefficient (Wildman–Crippen LogP) is 1.19. The van der Waals surface area contributed by atoms with Crippen LogP contribution in [0.5, 0.6) is 0 Å². The monoisotopic (exact) mass is 297 g/mol. The molecule has 1 aromatic heterocycles. The number of nitrogens with zero attached hydrogens (tertiary/aromatic N) is 1. The van der Waals surface area contributed by atoms with Gasteiger partial charge in [0.15, 0.2) is 0 Å². The zero-order chi connectivity index (χ0) is 15.3. The Balaban J connectivity index is 2.07. The molecule has 0 aliphatic carbocycles. The fourth-order valence-corrected chi connectivity index (χ4v) is 2.22. The van der Waals surface area contributed by atoms with Crippen LogP contribution in [-0.2, 0) is 9.47 Å². The summed E-state index contributed by atoms with van der Waals surface area (Å²) in [5.74, 6) is -0.570. The molecule has 7 heteroatoms. The van der Waals surface area contributed by atoms with Gasteiger partial charge >= 0.3 is 0 Å². The average molecular weight is 297 g/mol. The van der Waals surface area contributed by atoms with Gasteiger partial charge in [-0.05, 0) is 13.0 Å².